The van der Waals surface area contributed by atoms with E-state index in [2.05, 4.69) is 13.2 Å². The van der Waals surface area contributed by atoms with Crippen molar-refractivity contribution in [3.8, 4) is 0 Å². The number of nitrogens with zero attached hydrogens (tertiary/aromatic N) is 1. The molecule has 4 heteroatoms. The van der Waals surface area contributed by atoms with E-state index >= 15 is 0 Å². The molecule has 0 aromatic carbocycles. The van der Waals surface area contributed by atoms with Gasteiger partial charge < -0.3 is 14.7 Å². The summed E-state index contributed by atoms with van der Waals surface area (Å²) in [5, 5.41) is 8.55. The molecule has 0 rings (SSSR count). The predicted octanol–water partition coefficient (Wildman–Crippen LogP) is 1.06. The van der Waals surface area contributed by atoms with Crippen molar-refractivity contribution in [3.05, 3.63) is 37.2 Å². The van der Waals surface area contributed by atoms with Crippen LogP contribution in [-0.4, -0.2) is 35.7 Å². The van der Waals surface area contributed by atoms with E-state index in [9.17, 15) is 4.79 Å². The third-order valence-corrected chi connectivity index (χ3v) is 1.57. The Labute approximate surface area is 90.1 Å². The first-order valence-electron chi connectivity index (χ1n) is 4.60. The number of esters is 1. The summed E-state index contributed by atoms with van der Waals surface area (Å²) in [5.74, 6) is -0.398. The average molecular weight is 211 g/mol. The highest BCUT2D eigenvalue weighted by atomic mass is 16.5. The van der Waals surface area contributed by atoms with E-state index in [-0.39, 0.29) is 13.2 Å². The van der Waals surface area contributed by atoms with Crippen LogP contribution in [0.1, 0.15) is 6.92 Å². The standard InChI is InChI=1S/C11H17NO3/c1-4-12(6-5-8-13)7-9-15-11(14)10(2)3/h4-6,13H,1-2,7-9H2,3H3. The summed E-state index contributed by atoms with van der Waals surface area (Å²) in [6, 6.07) is 0. The van der Waals surface area contributed by atoms with E-state index in [1.165, 1.54) is 0 Å². The van der Waals surface area contributed by atoms with Gasteiger partial charge in [0.2, 0.25) is 0 Å². The fraction of sp³-hybridized carbons (Fsp3) is 0.364. The van der Waals surface area contributed by atoms with Gasteiger partial charge in [-0.25, -0.2) is 4.79 Å². The Morgan fingerprint density at radius 2 is 2.27 bits per heavy atom. The van der Waals surface area contributed by atoms with E-state index in [0.29, 0.717) is 12.1 Å². The number of hydrogen-bond acceptors (Lipinski definition) is 4. The van der Waals surface area contributed by atoms with Crippen molar-refractivity contribution in [1.29, 1.82) is 0 Å². The van der Waals surface area contributed by atoms with Crippen LogP contribution in [0.5, 0.6) is 0 Å². The summed E-state index contributed by atoms with van der Waals surface area (Å²) in [6.45, 7) is 9.37. The quantitative estimate of drug-likeness (QED) is 0.505. The Bertz CT molecular complexity index is 259. The van der Waals surface area contributed by atoms with Crippen molar-refractivity contribution in [3.63, 3.8) is 0 Å². The number of carbonyl (C=O) groups is 1. The van der Waals surface area contributed by atoms with Gasteiger partial charge in [-0.15, -0.1) is 0 Å². The van der Waals surface area contributed by atoms with Gasteiger partial charge in [-0.3, -0.25) is 0 Å². The van der Waals surface area contributed by atoms with Gasteiger partial charge in [0.25, 0.3) is 0 Å². The molecule has 0 fully saturated rings. The molecule has 15 heavy (non-hydrogen) atoms. The lowest BCUT2D eigenvalue weighted by Gasteiger charge is -2.14. The zero-order chi connectivity index (χ0) is 11.7. The molecule has 0 aromatic heterocycles. The molecular weight excluding hydrogens is 194 g/mol. The predicted molar refractivity (Wildman–Crippen MR) is 58.9 cm³/mol. The smallest absolute Gasteiger partial charge is 0.333 e. The van der Waals surface area contributed by atoms with E-state index in [0.717, 1.165) is 0 Å². The van der Waals surface area contributed by atoms with E-state index < -0.39 is 5.97 Å². The maximum atomic E-state index is 11.0. The zero-order valence-electron chi connectivity index (χ0n) is 8.98. The topological polar surface area (TPSA) is 49.8 Å². The summed E-state index contributed by atoms with van der Waals surface area (Å²) in [6.07, 6.45) is 4.82. The van der Waals surface area contributed by atoms with E-state index in [1.807, 2.05) is 0 Å². The second kappa shape index (κ2) is 7.82. The zero-order valence-corrected chi connectivity index (χ0v) is 8.98. The molecule has 0 aliphatic carbocycles. The molecule has 0 atom stereocenters. The first-order valence-corrected chi connectivity index (χ1v) is 4.60. The van der Waals surface area contributed by atoms with Crippen LogP contribution in [0.3, 0.4) is 0 Å². The molecule has 0 saturated heterocycles. The molecule has 4 nitrogen and oxygen atoms in total. The van der Waals surface area contributed by atoms with Crippen molar-refractivity contribution < 1.29 is 14.6 Å². The molecule has 0 aliphatic heterocycles. The fourth-order valence-corrected chi connectivity index (χ4v) is 0.776. The number of aliphatic hydroxyl groups excluding tert-OH is 1. The van der Waals surface area contributed by atoms with E-state index in [1.54, 1.807) is 30.3 Å². The summed E-state index contributed by atoms with van der Waals surface area (Å²) >= 11 is 0. The highest BCUT2D eigenvalue weighted by Crippen LogP contribution is 1.94. The monoisotopic (exact) mass is 211 g/mol. The van der Waals surface area contributed by atoms with Gasteiger partial charge in [0.15, 0.2) is 0 Å². The highest BCUT2D eigenvalue weighted by Gasteiger charge is 2.02. The van der Waals surface area contributed by atoms with Crippen molar-refractivity contribution in [2.75, 3.05) is 19.8 Å². The number of rotatable bonds is 7. The summed E-state index contributed by atoms with van der Waals surface area (Å²) in [5.41, 5.74) is 0.381. The van der Waals surface area contributed by atoms with Gasteiger partial charge in [0, 0.05) is 11.8 Å². The third kappa shape index (κ3) is 6.51. The lowest BCUT2D eigenvalue weighted by Crippen LogP contribution is -2.18. The maximum Gasteiger partial charge on any atom is 0.333 e. The molecule has 1 N–H and O–H groups in total. The van der Waals surface area contributed by atoms with Crippen LogP contribution in [0.15, 0.2) is 37.2 Å². The molecule has 84 valence electrons. The fourth-order valence-electron chi connectivity index (χ4n) is 0.776. The molecular formula is C11H17NO3. The molecule has 0 aromatic rings. The van der Waals surface area contributed by atoms with Crippen LogP contribution in [0.25, 0.3) is 0 Å². The van der Waals surface area contributed by atoms with Gasteiger partial charge >= 0.3 is 5.97 Å². The summed E-state index contributed by atoms with van der Waals surface area (Å²) in [7, 11) is 0. The molecule has 0 spiro atoms. The van der Waals surface area contributed by atoms with Crippen molar-refractivity contribution in [2.45, 2.75) is 6.92 Å². The minimum atomic E-state index is -0.398. The first kappa shape index (κ1) is 13.4. The van der Waals surface area contributed by atoms with Crippen LogP contribution in [-0.2, 0) is 9.53 Å². The van der Waals surface area contributed by atoms with Gasteiger partial charge in [-0.05, 0) is 19.2 Å². The number of ether oxygens (including phenoxy) is 1. The minimum Gasteiger partial charge on any atom is -0.460 e. The minimum absolute atomic E-state index is 0.0319. The van der Waals surface area contributed by atoms with Gasteiger partial charge in [-0.1, -0.05) is 13.2 Å². The largest absolute Gasteiger partial charge is 0.460 e. The van der Waals surface area contributed by atoms with Crippen molar-refractivity contribution in [1.82, 2.24) is 4.90 Å². The molecule has 0 saturated carbocycles. The number of carbonyl (C=O) groups excluding carboxylic acids is 1. The second-order valence-corrected chi connectivity index (χ2v) is 2.90. The lowest BCUT2D eigenvalue weighted by molar-refractivity contribution is -0.139. The lowest BCUT2D eigenvalue weighted by atomic mass is 10.4. The molecule has 0 amide bonds. The average Bonchev–Trinajstić information content (AvgIpc) is 2.22. The highest BCUT2D eigenvalue weighted by molar-refractivity contribution is 5.86. The third-order valence-electron chi connectivity index (χ3n) is 1.57. The van der Waals surface area contributed by atoms with Crippen LogP contribution in [0.4, 0.5) is 0 Å². The summed E-state index contributed by atoms with van der Waals surface area (Å²) < 4.78 is 4.89. The van der Waals surface area contributed by atoms with E-state index in [4.69, 9.17) is 9.84 Å². The van der Waals surface area contributed by atoms with Crippen molar-refractivity contribution in [2.24, 2.45) is 0 Å². The van der Waals surface area contributed by atoms with Gasteiger partial charge in [0.05, 0.1) is 13.2 Å². The first-order chi connectivity index (χ1) is 7.11. The van der Waals surface area contributed by atoms with Gasteiger partial charge in [0.1, 0.15) is 6.61 Å². The van der Waals surface area contributed by atoms with Crippen LogP contribution in [0.2, 0.25) is 0 Å². The Balaban J connectivity index is 3.82. The Morgan fingerprint density at radius 1 is 1.60 bits per heavy atom. The van der Waals surface area contributed by atoms with Crippen LogP contribution in [0, 0.1) is 0 Å². The normalized spacial score (nSPS) is 10.0. The second-order valence-electron chi connectivity index (χ2n) is 2.90. The van der Waals surface area contributed by atoms with Gasteiger partial charge in [-0.2, -0.15) is 0 Å². The molecule has 0 aliphatic rings. The molecule has 0 bridgehead atoms. The van der Waals surface area contributed by atoms with Crippen LogP contribution >= 0.6 is 0 Å². The molecule has 0 radical (unpaired) electrons. The molecule has 0 unspecified atom stereocenters. The number of aliphatic hydroxyl groups is 1. The number of hydrogen-bond donors (Lipinski definition) is 1. The maximum absolute atomic E-state index is 11.0. The Kier molecular flexibility index (Phi) is 7.01. The Morgan fingerprint density at radius 3 is 2.73 bits per heavy atom. The van der Waals surface area contributed by atoms with Crippen molar-refractivity contribution >= 4 is 5.97 Å². The molecule has 0 heterocycles. The summed E-state index contributed by atoms with van der Waals surface area (Å²) in [4.78, 5) is 12.7. The van der Waals surface area contributed by atoms with Crippen LogP contribution < -0.4 is 0 Å². The SMILES string of the molecule is C=CN(C=CCO)CCOC(=O)C(=C)C. The Hall–Kier alpha value is -1.55.